The third-order valence-electron chi connectivity index (χ3n) is 3.62. The van der Waals surface area contributed by atoms with Gasteiger partial charge >= 0.3 is 23.6 Å². The lowest BCUT2D eigenvalue weighted by Gasteiger charge is -2.55. The SMILES string of the molecule is CC.CC.FC1(F)C(F)(F)C(F)(Oc2ccccc2)C1(F)Oc1ccccc1. The van der Waals surface area contributed by atoms with Crippen LogP contribution in [0.4, 0.5) is 26.3 Å². The number of ether oxygens (including phenoxy) is 2. The lowest BCUT2D eigenvalue weighted by atomic mass is 9.76. The average molecular weight is 408 g/mol. The summed E-state index contributed by atoms with van der Waals surface area (Å²) >= 11 is 0. The highest BCUT2D eigenvalue weighted by molar-refractivity contribution is 5.33. The molecule has 2 nitrogen and oxygen atoms in total. The molecular weight excluding hydrogens is 386 g/mol. The molecule has 2 aromatic rings. The lowest BCUT2D eigenvalue weighted by Crippen LogP contribution is -2.89. The molecule has 1 aliphatic carbocycles. The van der Waals surface area contributed by atoms with Gasteiger partial charge in [-0.1, -0.05) is 64.1 Å². The van der Waals surface area contributed by atoms with Gasteiger partial charge in [-0.3, -0.25) is 0 Å². The van der Waals surface area contributed by atoms with Crippen molar-refractivity contribution < 1.29 is 35.8 Å². The predicted molar refractivity (Wildman–Crippen MR) is 94.4 cm³/mol. The van der Waals surface area contributed by atoms with Crippen LogP contribution in [0.3, 0.4) is 0 Å². The largest absolute Gasteiger partial charge is 0.447 e. The maximum Gasteiger partial charge on any atom is 0.395 e. The predicted octanol–water partition coefficient (Wildman–Crippen LogP) is 6.81. The van der Waals surface area contributed by atoms with Crippen molar-refractivity contribution in [3.05, 3.63) is 60.7 Å². The molecule has 0 saturated heterocycles. The fourth-order valence-corrected chi connectivity index (χ4v) is 2.31. The number of hydrogen-bond acceptors (Lipinski definition) is 2. The zero-order valence-electron chi connectivity index (χ0n) is 15.9. The number of hydrogen-bond donors (Lipinski definition) is 0. The van der Waals surface area contributed by atoms with Gasteiger partial charge in [-0.2, -0.15) is 26.3 Å². The third-order valence-corrected chi connectivity index (χ3v) is 3.62. The first-order valence-corrected chi connectivity index (χ1v) is 8.77. The van der Waals surface area contributed by atoms with E-state index in [1.807, 2.05) is 27.7 Å². The van der Waals surface area contributed by atoms with Gasteiger partial charge in [0.05, 0.1) is 0 Å². The number of alkyl halides is 6. The standard InChI is InChI=1S/C16H10F6O2.2C2H6/c17-13(18)14(19,20)16(22,24-12-9-5-2-6-10-12)15(13,21)23-11-7-3-1-4-8-11;2*1-2/h1-10H;2*1-2H3. The van der Waals surface area contributed by atoms with Gasteiger partial charge in [0.2, 0.25) is 0 Å². The van der Waals surface area contributed by atoms with Crippen LogP contribution in [0, 0.1) is 0 Å². The van der Waals surface area contributed by atoms with Crippen molar-refractivity contribution in [3.63, 3.8) is 0 Å². The monoisotopic (exact) mass is 408 g/mol. The molecule has 28 heavy (non-hydrogen) atoms. The molecule has 0 aliphatic heterocycles. The first kappa shape index (κ1) is 23.7. The molecule has 0 aromatic heterocycles. The molecule has 1 saturated carbocycles. The molecule has 156 valence electrons. The van der Waals surface area contributed by atoms with Gasteiger partial charge in [0.15, 0.2) is 0 Å². The van der Waals surface area contributed by atoms with E-state index in [4.69, 9.17) is 0 Å². The van der Waals surface area contributed by atoms with Gasteiger partial charge in [-0.15, -0.1) is 0 Å². The van der Waals surface area contributed by atoms with E-state index in [1.54, 1.807) is 0 Å². The van der Waals surface area contributed by atoms with Crippen LogP contribution in [0.2, 0.25) is 0 Å². The van der Waals surface area contributed by atoms with Crippen LogP contribution in [0.5, 0.6) is 11.5 Å². The van der Waals surface area contributed by atoms with Crippen LogP contribution in [-0.4, -0.2) is 23.6 Å². The summed E-state index contributed by atoms with van der Waals surface area (Å²) in [6.07, 6.45) is 0. The topological polar surface area (TPSA) is 18.5 Å². The molecule has 0 heterocycles. The average Bonchev–Trinajstić information content (AvgIpc) is 2.71. The molecule has 0 radical (unpaired) electrons. The van der Waals surface area contributed by atoms with Crippen LogP contribution in [0.1, 0.15) is 27.7 Å². The Morgan fingerprint density at radius 3 is 1.00 bits per heavy atom. The fraction of sp³-hybridized carbons (Fsp3) is 0.400. The molecule has 0 amide bonds. The van der Waals surface area contributed by atoms with E-state index in [0.29, 0.717) is 0 Å². The van der Waals surface area contributed by atoms with Crippen molar-refractivity contribution in [3.8, 4) is 11.5 Å². The minimum atomic E-state index is -5.43. The maximum atomic E-state index is 14.6. The lowest BCUT2D eigenvalue weighted by molar-refractivity contribution is -0.527. The van der Waals surface area contributed by atoms with Crippen LogP contribution in [0.25, 0.3) is 0 Å². The number of benzene rings is 2. The Morgan fingerprint density at radius 1 is 0.500 bits per heavy atom. The second-order valence-electron chi connectivity index (χ2n) is 5.17. The van der Waals surface area contributed by atoms with E-state index in [-0.39, 0.29) is 0 Å². The zero-order chi connectivity index (χ0) is 21.6. The second-order valence-corrected chi connectivity index (χ2v) is 5.17. The highest BCUT2D eigenvalue weighted by Gasteiger charge is 3.03. The van der Waals surface area contributed by atoms with Gasteiger partial charge in [0, 0.05) is 0 Å². The van der Waals surface area contributed by atoms with Gasteiger partial charge < -0.3 is 9.47 Å². The van der Waals surface area contributed by atoms with Crippen molar-refractivity contribution in [2.45, 2.75) is 51.2 Å². The summed E-state index contributed by atoms with van der Waals surface area (Å²) in [6, 6.07) is 12.1. The third kappa shape index (κ3) is 3.40. The summed E-state index contributed by atoms with van der Waals surface area (Å²) in [4.78, 5) is 0. The molecule has 2 unspecified atom stereocenters. The highest BCUT2D eigenvalue weighted by Crippen LogP contribution is 2.68. The van der Waals surface area contributed by atoms with Crippen LogP contribution >= 0.6 is 0 Å². The highest BCUT2D eigenvalue weighted by atomic mass is 19.3. The van der Waals surface area contributed by atoms with Crippen molar-refractivity contribution in [1.82, 2.24) is 0 Å². The molecule has 0 bridgehead atoms. The van der Waals surface area contributed by atoms with Crippen LogP contribution in [0.15, 0.2) is 60.7 Å². The summed E-state index contributed by atoms with van der Waals surface area (Å²) in [5.41, 5.74) is 0. The Bertz CT molecular complexity index is 662. The van der Waals surface area contributed by atoms with Crippen molar-refractivity contribution in [2.24, 2.45) is 0 Å². The first-order chi connectivity index (χ1) is 13.2. The first-order valence-electron chi connectivity index (χ1n) is 8.77. The maximum absolute atomic E-state index is 14.6. The molecular formula is C20H22F6O2. The quantitative estimate of drug-likeness (QED) is 0.517. The summed E-state index contributed by atoms with van der Waals surface area (Å²) in [5, 5.41) is 0. The van der Waals surface area contributed by atoms with E-state index in [1.165, 1.54) is 36.4 Å². The summed E-state index contributed by atoms with van der Waals surface area (Å²) in [7, 11) is 0. The van der Waals surface area contributed by atoms with Gasteiger partial charge in [-0.05, 0) is 24.3 Å². The molecule has 2 aromatic carbocycles. The molecule has 8 heteroatoms. The van der Waals surface area contributed by atoms with E-state index >= 15 is 0 Å². The van der Waals surface area contributed by atoms with Crippen molar-refractivity contribution >= 4 is 0 Å². The molecule has 0 N–H and O–H groups in total. The second kappa shape index (κ2) is 8.75. The summed E-state index contributed by atoms with van der Waals surface area (Å²) in [5.74, 6) is -21.4. The van der Waals surface area contributed by atoms with Crippen LogP contribution < -0.4 is 9.47 Å². The number of rotatable bonds is 4. The summed E-state index contributed by atoms with van der Waals surface area (Å²) < 4.78 is 92.6. The molecule has 1 fully saturated rings. The van der Waals surface area contributed by atoms with E-state index < -0.39 is 35.1 Å². The molecule has 2 atom stereocenters. The molecule has 3 rings (SSSR count). The zero-order valence-corrected chi connectivity index (χ0v) is 15.9. The Balaban J connectivity index is 0.000000921. The van der Waals surface area contributed by atoms with E-state index in [0.717, 1.165) is 24.3 Å². The Morgan fingerprint density at radius 2 is 0.750 bits per heavy atom. The van der Waals surface area contributed by atoms with Crippen LogP contribution in [-0.2, 0) is 0 Å². The Kier molecular flexibility index (Phi) is 7.39. The molecule has 0 spiro atoms. The Hall–Kier alpha value is -2.38. The minimum Gasteiger partial charge on any atom is -0.447 e. The fourth-order valence-electron chi connectivity index (χ4n) is 2.31. The van der Waals surface area contributed by atoms with Crippen molar-refractivity contribution in [1.29, 1.82) is 0 Å². The Labute approximate surface area is 160 Å². The number of halogens is 6. The van der Waals surface area contributed by atoms with Gasteiger partial charge in [-0.25, -0.2) is 0 Å². The van der Waals surface area contributed by atoms with E-state index in [2.05, 4.69) is 9.47 Å². The van der Waals surface area contributed by atoms with Crippen molar-refractivity contribution in [2.75, 3.05) is 0 Å². The smallest absolute Gasteiger partial charge is 0.395 e. The normalized spacial score (nSPS) is 26.4. The molecule has 1 aliphatic rings. The van der Waals surface area contributed by atoms with E-state index in [9.17, 15) is 26.3 Å². The number of para-hydroxylation sites is 2. The minimum absolute atomic E-state index is 0.547. The van der Waals surface area contributed by atoms with Gasteiger partial charge in [0.25, 0.3) is 0 Å². The van der Waals surface area contributed by atoms with Gasteiger partial charge in [0.1, 0.15) is 11.5 Å². The summed E-state index contributed by atoms with van der Waals surface area (Å²) in [6.45, 7) is 8.00.